The van der Waals surface area contributed by atoms with Gasteiger partial charge < -0.3 is 0 Å². The molecule has 0 aliphatic carbocycles. The van der Waals surface area contributed by atoms with E-state index in [9.17, 15) is 0 Å². The first-order chi connectivity index (χ1) is 12.8. The molecule has 4 unspecified atom stereocenters. The molecule has 146 valence electrons. The van der Waals surface area contributed by atoms with Crippen LogP contribution >= 0.6 is 95.8 Å². The van der Waals surface area contributed by atoms with Gasteiger partial charge in [-0.25, -0.2) is 0 Å². The fourth-order valence-electron chi connectivity index (χ4n) is 2.75. The van der Waals surface area contributed by atoms with E-state index in [2.05, 4.69) is 120 Å². The molecule has 0 aromatic heterocycles. The first kappa shape index (κ1) is 22.7. The fraction of sp³-hybridized carbons (Fsp3) is 0.667. The normalized spacial score (nSPS) is 28.7. The van der Waals surface area contributed by atoms with E-state index in [0.29, 0.717) is 0 Å². The van der Waals surface area contributed by atoms with Gasteiger partial charge in [0.15, 0.2) is 0 Å². The highest BCUT2D eigenvalue weighted by Crippen LogP contribution is 2.41. The second-order valence-corrected chi connectivity index (χ2v) is 15.1. The van der Waals surface area contributed by atoms with Crippen molar-refractivity contribution in [2.45, 2.75) is 31.2 Å². The molecule has 0 bridgehead atoms. The highest BCUT2D eigenvalue weighted by atomic mass is 32.2. The Morgan fingerprint density at radius 2 is 1.27 bits per heavy atom. The molecule has 0 N–H and O–H groups in total. The summed E-state index contributed by atoms with van der Waals surface area (Å²) in [6.45, 7) is 0. The average molecular weight is 499 g/mol. The van der Waals surface area contributed by atoms with Gasteiger partial charge in [0, 0.05) is 56.5 Å². The van der Waals surface area contributed by atoms with Crippen LogP contribution in [0, 0.1) is 0 Å². The minimum atomic E-state index is 0.756. The number of thioether (sulfide) groups is 6. The van der Waals surface area contributed by atoms with Crippen molar-refractivity contribution in [3.8, 4) is 0 Å². The van der Waals surface area contributed by atoms with Gasteiger partial charge >= 0.3 is 0 Å². The van der Waals surface area contributed by atoms with Gasteiger partial charge in [-0.2, -0.15) is 48.8 Å². The van der Waals surface area contributed by atoms with Gasteiger partial charge in [0.2, 0.25) is 0 Å². The third kappa shape index (κ3) is 7.37. The molecule has 0 radical (unpaired) electrons. The fourth-order valence-corrected chi connectivity index (χ4v) is 13.3. The van der Waals surface area contributed by atoms with Gasteiger partial charge in [-0.1, -0.05) is 24.3 Å². The Labute approximate surface area is 195 Å². The summed E-state index contributed by atoms with van der Waals surface area (Å²) in [4.78, 5) is 0. The van der Waals surface area contributed by atoms with Crippen LogP contribution in [0.1, 0.15) is 11.1 Å². The lowest BCUT2D eigenvalue weighted by atomic mass is 10.1. The van der Waals surface area contributed by atoms with Gasteiger partial charge in [-0.3, -0.25) is 0 Å². The molecule has 4 atom stereocenters. The summed E-state index contributed by atoms with van der Waals surface area (Å²) in [5.74, 6) is 9.39. The minimum Gasteiger partial charge on any atom is -0.178 e. The van der Waals surface area contributed by atoms with Crippen LogP contribution in [0.25, 0.3) is 0 Å². The quantitative estimate of drug-likeness (QED) is 0.358. The van der Waals surface area contributed by atoms with E-state index < -0.39 is 0 Å². The second-order valence-electron chi connectivity index (χ2n) is 6.21. The highest BCUT2D eigenvalue weighted by Gasteiger charge is 2.25. The molecule has 2 saturated heterocycles. The topological polar surface area (TPSA) is 0 Å². The third-order valence-electron chi connectivity index (χ3n) is 4.17. The van der Waals surface area contributed by atoms with E-state index in [1.54, 1.807) is 0 Å². The van der Waals surface area contributed by atoms with Crippen molar-refractivity contribution in [3.05, 3.63) is 35.4 Å². The van der Waals surface area contributed by atoms with Crippen LogP contribution in [0.5, 0.6) is 0 Å². The van der Waals surface area contributed by atoms with E-state index in [4.69, 9.17) is 0 Å². The number of hydrogen-bond donors (Lipinski definition) is 2. The van der Waals surface area contributed by atoms with E-state index in [-0.39, 0.29) is 0 Å². The lowest BCUT2D eigenvalue weighted by Gasteiger charge is -2.13. The molecule has 2 fully saturated rings. The number of thiol groups is 2. The molecule has 1 aromatic carbocycles. The van der Waals surface area contributed by atoms with Crippen molar-refractivity contribution in [1.82, 2.24) is 0 Å². The van der Waals surface area contributed by atoms with E-state index in [1.807, 2.05) is 0 Å². The Kier molecular flexibility index (Phi) is 11.0. The van der Waals surface area contributed by atoms with Crippen molar-refractivity contribution < 1.29 is 0 Å². The van der Waals surface area contributed by atoms with Crippen LogP contribution in [0.2, 0.25) is 0 Å². The summed E-state index contributed by atoms with van der Waals surface area (Å²) in [6, 6.07) is 9.04. The Morgan fingerprint density at radius 1 is 0.808 bits per heavy atom. The van der Waals surface area contributed by atoms with E-state index in [0.717, 1.165) is 42.7 Å². The number of hydrogen-bond acceptors (Lipinski definition) is 8. The zero-order chi connectivity index (χ0) is 18.2. The van der Waals surface area contributed by atoms with Crippen LogP contribution in [0.4, 0.5) is 0 Å². The second kappa shape index (κ2) is 12.7. The molecule has 8 heteroatoms. The summed E-state index contributed by atoms with van der Waals surface area (Å²) in [7, 11) is 0. The average Bonchev–Trinajstić information content (AvgIpc) is 3.32. The maximum atomic E-state index is 4.44. The van der Waals surface area contributed by atoms with Crippen LogP contribution < -0.4 is 0 Å². The van der Waals surface area contributed by atoms with E-state index >= 15 is 0 Å². The zero-order valence-corrected chi connectivity index (χ0v) is 21.3. The maximum Gasteiger partial charge on any atom is 0.0596 e. The summed E-state index contributed by atoms with van der Waals surface area (Å²) >= 11 is 21.6. The van der Waals surface area contributed by atoms with Crippen molar-refractivity contribution in [1.29, 1.82) is 0 Å². The molecule has 1 aromatic rings. The molecule has 0 saturated carbocycles. The Morgan fingerprint density at radius 3 is 1.65 bits per heavy atom. The monoisotopic (exact) mass is 498 g/mol. The summed E-state index contributed by atoms with van der Waals surface area (Å²) in [5.41, 5.74) is 3.06. The SMILES string of the molecule is SCC1CSC(CSCc2ccccc2CSCC2SCC(CS)S2)S1. The molecule has 0 amide bonds. The largest absolute Gasteiger partial charge is 0.178 e. The molecule has 2 heterocycles. The van der Waals surface area contributed by atoms with Crippen LogP contribution in [0.15, 0.2) is 24.3 Å². The summed E-state index contributed by atoms with van der Waals surface area (Å²) in [5, 5.41) is 1.51. The first-order valence-electron chi connectivity index (χ1n) is 8.76. The summed E-state index contributed by atoms with van der Waals surface area (Å²) in [6.07, 6.45) is 0. The standard InChI is InChI=1S/C18H26S8/c19-5-15-9-23-17(25-15)11-21-7-13-3-1-2-4-14(13)8-22-12-18-24-10-16(6-20)26-18/h1-4,15-20H,5-12H2. The van der Waals surface area contributed by atoms with Gasteiger partial charge in [0.1, 0.15) is 0 Å². The molecule has 26 heavy (non-hydrogen) atoms. The lowest BCUT2D eigenvalue weighted by molar-refractivity contribution is 1.17. The first-order valence-corrected chi connectivity index (χ1v) is 16.3. The Hall–Kier alpha value is 2.02. The molecule has 3 rings (SSSR count). The van der Waals surface area contributed by atoms with Crippen molar-refractivity contribution in [2.24, 2.45) is 0 Å². The third-order valence-corrected chi connectivity index (χ3v) is 15.1. The van der Waals surface area contributed by atoms with Crippen LogP contribution in [-0.2, 0) is 11.5 Å². The highest BCUT2D eigenvalue weighted by molar-refractivity contribution is 8.22. The van der Waals surface area contributed by atoms with Gasteiger partial charge in [-0.15, -0.1) is 47.0 Å². The van der Waals surface area contributed by atoms with Crippen molar-refractivity contribution in [2.75, 3.05) is 34.5 Å². The summed E-state index contributed by atoms with van der Waals surface area (Å²) < 4.78 is 1.52. The molecular formula is C18H26S8. The number of rotatable bonds is 10. The predicted molar refractivity (Wildman–Crippen MR) is 142 cm³/mol. The molecule has 2 aliphatic heterocycles. The smallest absolute Gasteiger partial charge is 0.0596 e. The maximum absolute atomic E-state index is 4.44. The molecule has 2 aliphatic rings. The van der Waals surface area contributed by atoms with Crippen LogP contribution in [0.3, 0.4) is 0 Å². The van der Waals surface area contributed by atoms with E-state index in [1.165, 1.54) is 34.1 Å². The zero-order valence-electron chi connectivity index (χ0n) is 14.6. The van der Waals surface area contributed by atoms with Crippen molar-refractivity contribution in [3.63, 3.8) is 0 Å². The van der Waals surface area contributed by atoms with Gasteiger partial charge in [0.05, 0.1) is 9.16 Å². The molecule has 0 nitrogen and oxygen atoms in total. The van der Waals surface area contributed by atoms with Crippen molar-refractivity contribution >= 4 is 95.8 Å². The number of benzene rings is 1. The van der Waals surface area contributed by atoms with Crippen LogP contribution in [-0.4, -0.2) is 54.2 Å². The van der Waals surface area contributed by atoms with Gasteiger partial charge in [-0.05, 0) is 11.1 Å². The predicted octanol–water partition coefficient (Wildman–Crippen LogP) is 6.36. The molecule has 0 spiro atoms. The Balaban J connectivity index is 1.39. The minimum absolute atomic E-state index is 0.756. The van der Waals surface area contributed by atoms with Gasteiger partial charge in [0.25, 0.3) is 0 Å². The molecular weight excluding hydrogens is 473 g/mol. The Bertz CT molecular complexity index is 493. The lowest BCUT2D eigenvalue weighted by Crippen LogP contribution is -2.03.